The van der Waals surface area contributed by atoms with Crippen molar-refractivity contribution in [3.8, 4) is 5.75 Å². The number of nitrogens with zero attached hydrogens (tertiary/aromatic N) is 3. The van der Waals surface area contributed by atoms with E-state index in [0.717, 1.165) is 56.0 Å². The van der Waals surface area contributed by atoms with Gasteiger partial charge in [0.1, 0.15) is 5.75 Å². The fourth-order valence-corrected chi connectivity index (χ4v) is 3.72. The molecule has 1 saturated heterocycles. The molecule has 1 amide bonds. The number of likely N-dealkylation sites (tertiary alicyclic amines) is 1. The van der Waals surface area contributed by atoms with Gasteiger partial charge in [-0.25, -0.2) is 0 Å². The number of nitrogens with one attached hydrogen (secondary N) is 1. The molecule has 0 spiro atoms. The molecule has 2 aliphatic rings. The van der Waals surface area contributed by atoms with Crippen molar-refractivity contribution in [2.24, 2.45) is 0 Å². The molecule has 1 aromatic carbocycles. The molecule has 1 N–H and O–H groups in total. The van der Waals surface area contributed by atoms with Gasteiger partial charge in [0.15, 0.2) is 5.69 Å². The van der Waals surface area contributed by atoms with Crippen molar-refractivity contribution in [3.05, 3.63) is 47.3 Å². The number of rotatable bonds is 3. The Balaban J connectivity index is 1.62. The summed E-state index contributed by atoms with van der Waals surface area (Å²) in [6.07, 6.45) is 1.96. The van der Waals surface area contributed by atoms with Crippen LogP contribution in [0.4, 0.5) is 0 Å². The number of carbonyl (C=O) groups is 1. The lowest BCUT2D eigenvalue weighted by Crippen LogP contribution is -2.31. The third-order valence-corrected chi connectivity index (χ3v) is 4.90. The molecular formula is C18H22N4O2. The predicted octanol–water partition coefficient (Wildman–Crippen LogP) is 1.97. The number of hydrogen-bond donors (Lipinski definition) is 1. The van der Waals surface area contributed by atoms with Crippen LogP contribution in [0, 0.1) is 0 Å². The van der Waals surface area contributed by atoms with E-state index in [0.29, 0.717) is 5.69 Å². The summed E-state index contributed by atoms with van der Waals surface area (Å²) in [5.41, 5.74) is 2.71. The summed E-state index contributed by atoms with van der Waals surface area (Å²) in [4.78, 5) is 15.0. The minimum Gasteiger partial charge on any atom is -0.496 e. The second-order valence-corrected chi connectivity index (χ2v) is 6.32. The molecule has 126 valence electrons. The third kappa shape index (κ3) is 2.57. The van der Waals surface area contributed by atoms with Crippen LogP contribution in [0.15, 0.2) is 30.3 Å². The van der Waals surface area contributed by atoms with Crippen LogP contribution in [0.1, 0.15) is 40.6 Å². The van der Waals surface area contributed by atoms with Crippen molar-refractivity contribution < 1.29 is 9.53 Å². The van der Waals surface area contributed by atoms with Crippen molar-refractivity contribution in [1.29, 1.82) is 0 Å². The molecule has 0 radical (unpaired) electrons. The standard InChI is InChI=1S/C18H22N4O2/c1-24-17-7-3-2-5-14(17)16-6-4-9-21(16)18(23)15-11-13-12-19-8-10-22(13)20-15/h2-3,5,7,11,16,19H,4,6,8-10,12H2,1H3/t16-/m0/s1. The van der Waals surface area contributed by atoms with Crippen molar-refractivity contribution in [2.75, 3.05) is 20.2 Å². The maximum atomic E-state index is 13.0. The molecule has 2 aliphatic heterocycles. The van der Waals surface area contributed by atoms with E-state index in [1.165, 1.54) is 0 Å². The van der Waals surface area contributed by atoms with E-state index in [2.05, 4.69) is 16.5 Å². The summed E-state index contributed by atoms with van der Waals surface area (Å²) in [5, 5.41) is 7.83. The molecule has 0 saturated carbocycles. The first-order valence-corrected chi connectivity index (χ1v) is 8.49. The minimum absolute atomic E-state index is 0.0188. The van der Waals surface area contributed by atoms with E-state index >= 15 is 0 Å². The van der Waals surface area contributed by atoms with Crippen LogP contribution < -0.4 is 10.1 Å². The number of aromatic nitrogens is 2. The van der Waals surface area contributed by atoms with Gasteiger partial charge in [-0.15, -0.1) is 0 Å². The molecule has 1 aromatic heterocycles. The van der Waals surface area contributed by atoms with Gasteiger partial charge in [-0.05, 0) is 25.0 Å². The van der Waals surface area contributed by atoms with E-state index in [1.807, 2.05) is 33.8 Å². The zero-order chi connectivity index (χ0) is 16.5. The van der Waals surface area contributed by atoms with Crippen LogP contribution in [0.25, 0.3) is 0 Å². The van der Waals surface area contributed by atoms with Crippen LogP contribution in [-0.4, -0.2) is 40.8 Å². The zero-order valence-corrected chi connectivity index (χ0v) is 13.9. The molecule has 1 fully saturated rings. The Morgan fingerprint density at radius 2 is 2.21 bits per heavy atom. The summed E-state index contributed by atoms with van der Waals surface area (Å²) in [6, 6.07) is 9.95. The van der Waals surface area contributed by atoms with Crippen LogP contribution in [-0.2, 0) is 13.1 Å². The Hall–Kier alpha value is -2.34. The fourth-order valence-electron chi connectivity index (χ4n) is 3.72. The van der Waals surface area contributed by atoms with Crippen LogP contribution in [0.2, 0.25) is 0 Å². The van der Waals surface area contributed by atoms with Crippen LogP contribution in [0.3, 0.4) is 0 Å². The molecule has 1 atom stereocenters. The highest BCUT2D eigenvalue weighted by Gasteiger charge is 2.33. The molecule has 6 heteroatoms. The van der Waals surface area contributed by atoms with Gasteiger partial charge in [0.25, 0.3) is 5.91 Å². The Bertz CT molecular complexity index is 732. The zero-order valence-electron chi connectivity index (χ0n) is 13.9. The quantitative estimate of drug-likeness (QED) is 0.937. The predicted molar refractivity (Wildman–Crippen MR) is 89.9 cm³/mol. The average Bonchev–Trinajstić information content (AvgIpc) is 3.27. The molecule has 4 rings (SSSR count). The smallest absolute Gasteiger partial charge is 0.274 e. The van der Waals surface area contributed by atoms with Gasteiger partial charge in [0.05, 0.1) is 25.4 Å². The summed E-state index contributed by atoms with van der Waals surface area (Å²) in [7, 11) is 1.68. The normalized spacial score (nSPS) is 20.0. The first kappa shape index (κ1) is 15.2. The third-order valence-electron chi connectivity index (χ3n) is 4.90. The molecule has 24 heavy (non-hydrogen) atoms. The number of amides is 1. The number of para-hydroxylation sites is 1. The highest BCUT2D eigenvalue weighted by Crippen LogP contribution is 2.37. The molecule has 0 unspecified atom stereocenters. The van der Waals surface area contributed by atoms with Crippen molar-refractivity contribution in [2.45, 2.75) is 32.0 Å². The summed E-state index contributed by atoms with van der Waals surface area (Å²) in [5.74, 6) is 0.862. The largest absolute Gasteiger partial charge is 0.496 e. The minimum atomic E-state index is 0.0188. The number of benzene rings is 1. The molecule has 0 bridgehead atoms. The second-order valence-electron chi connectivity index (χ2n) is 6.32. The van der Waals surface area contributed by atoms with Gasteiger partial charge in [-0.3, -0.25) is 9.48 Å². The summed E-state index contributed by atoms with van der Waals surface area (Å²) >= 11 is 0. The number of fused-ring (bicyclic) bond motifs is 1. The van der Waals surface area contributed by atoms with Gasteiger partial charge in [0, 0.05) is 25.2 Å². The maximum Gasteiger partial charge on any atom is 0.274 e. The van der Waals surface area contributed by atoms with Gasteiger partial charge in [-0.1, -0.05) is 18.2 Å². The van der Waals surface area contributed by atoms with E-state index in [1.54, 1.807) is 7.11 Å². The highest BCUT2D eigenvalue weighted by atomic mass is 16.5. The molecule has 6 nitrogen and oxygen atoms in total. The SMILES string of the molecule is COc1ccccc1[C@@H]1CCCN1C(=O)c1cc2n(n1)CCNC2. The Morgan fingerprint density at radius 1 is 1.33 bits per heavy atom. The van der Waals surface area contributed by atoms with E-state index < -0.39 is 0 Å². The Labute approximate surface area is 141 Å². The molecule has 2 aromatic rings. The highest BCUT2D eigenvalue weighted by molar-refractivity contribution is 5.93. The Morgan fingerprint density at radius 3 is 3.04 bits per heavy atom. The summed E-state index contributed by atoms with van der Waals surface area (Å²) < 4.78 is 7.43. The first-order chi connectivity index (χ1) is 11.8. The van der Waals surface area contributed by atoms with Gasteiger partial charge >= 0.3 is 0 Å². The second kappa shape index (κ2) is 6.28. The number of hydrogen-bond acceptors (Lipinski definition) is 4. The van der Waals surface area contributed by atoms with E-state index in [9.17, 15) is 4.79 Å². The Kier molecular flexibility index (Phi) is 3.98. The summed E-state index contributed by atoms with van der Waals surface area (Å²) in [6.45, 7) is 3.26. The van der Waals surface area contributed by atoms with Crippen molar-refractivity contribution in [3.63, 3.8) is 0 Å². The van der Waals surface area contributed by atoms with Crippen LogP contribution in [0.5, 0.6) is 5.75 Å². The van der Waals surface area contributed by atoms with Crippen molar-refractivity contribution >= 4 is 5.91 Å². The van der Waals surface area contributed by atoms with Crippen molar-refractivity contribution in [1.82, 2.24) is 20.0 Å². The maximum absolute atomic E-state index is 13.0. The fraction of sp³-hybridized carbons (Fsp3) is 0.444. The molecule has 3 heterocycles. The number of ether oxygens (including phenoxy) is 1. The lowest BCUT2D eigenvalue weighted by atomic mass is 10.0. The first-order valence-electron chi connectivity index (χ1n) is 8.49. The lowest BCUT2D eigenvalue weighted by Gasteiger charge is -2.25. The van der Waals surface area contributed by atoms with Gasteiger partial charge < -0.3 is 15.0 Å². The lowest BCUT2D eigenvalue weighted by molar-refractivity contribution is 0.0727. The number of methoxy groups -OCH3 is 1. The van der Waals surface area contributed by atoms with E-state index in [4.69, 9.17) is 4.74 Å². The monoisotopic (exact) mass is 326 g/mol. The van der Waals surface area contributed by atoms with E-state index in [-0.39, 0.29) is 11.9 Å². The molecule has 0 aliphatic carbocycles. The topological polar surface area (TPSA) is 59.4 Å². The average molecular weight is 326 g/mol. The molecular weight excluding hydrogens is 304 g/mol. The van der Waals surface area contributed by atoms with Gasteiger partial charge in [-0.2, -0.15) is 5.10 Å². The van der Waals surface area contributed by atoms with Crippen LogP contribution >= 0.6 is 0 Å². The van der Waals surface area contributed by atoms with Gasteiger partial charge in [0.2, 0.25) is 0 Å². The number of carbonyl (C=O) groups excluding carboxylic acids is 1.